The largest absolute Gasteiger partial charge is 0.127 e. The highest BCUT2D eigenvalue weighted by molar-refractivity contribution is 6.57. The van der Waals surface area contributed by atoms with E-state index in [9.17, 15) is 0 Å². The summed E-state index contributed by atoms with van der Waals surface area (Å²) in [6.45, 7) is 11.5. The molecule has 1 atom stereocenters. The molecule has 0 fully saturated rings. The first-order valence-electron chi connectivity index (χ1n) is 6.32. The van der Waals surface area contributed by atoms with E-state index in [2.05, 4.69) is 58.1 Å². The number of alkyl halides is 1. The van der Waals surface area contributed by atoms with Crippen LogP contribution in [0.5, 0.6) is 0 Å². The van der Waals surface area contributed by atoms with Gasteiger partial charge in [0.05, 0.1) is 0 Å². The molecular formula is C15H24ClSi. The van der Waals surface area contributed by atoms with Crippen LogP contribution < -0.4 is 0 Å². The molecule has 17 heavy (non-hydrogen) atoms. The number of benzene rings is 1. The minimum absolute atomic E-state index is 0.243. The van der Waals surface area contributed by atoms with Crippen molar-refractivity contribution in [1.82, 2.24) is 0 Å². The van der Waals surface area contributed by atoms with Crippen molar-refractivity contribution in [3.05, 3.63) is 35.4 Å². The Morgan fingerprint density at radius 1 is 1.12 bits per heavy atom. The predicted octanol–water partition coefficient (Wildman–Crippen LogP) is 4.99. The van der Waals surface area contributed by atoms with Crippen molar-refractivity contribution < 1.29 is 0 Å². The maximum Gasteiger partial charge on any atom is 0.0498 e. The van der Waals surface area contributed by atoms with E-state index in [0.29, 0.717) is 5.54 Å². The van der Waals surface area contributed by atoms with Gasteiger partial charge in [0.1, 0.15) is 0 Å². The topological polar surface area (TPSA) is 0 Å². The summed E-state index contributed by atoms with van der Waals surface area (Å²) in [7, 11) is -0.320. The van der Waals surface area contributed by atoms with E-state index in [1.54, 1.807) is 0 Å². The van der Waals surface area contributed by atoms with E-state index in [4.69, 9.17) is 11.6 Å². The van der Waals surface area contributed by atoms with Crippen molar-refractivity contribution in [2.45, 2.75) is 51.2 Å². The lowest BCUT2D eigenvalue weighted by molar-refractivity contribution is 0.590. The van der Waals surface area contributed by atoms with E-state index in [-0.39, 0.29) is 14.2 Å². The van der Waals surface area contributed by atoms with E-state index in [0.717, 1.165) is 12.3 Å². The molecule has 1 aromatic rings. The third-order valence-electron chi connectivity index (χ3n) is 3.27. The highest BCUT2D eigenvalue weighted by Gasteiger charge is 2.18. The first-order valence-corrected chi connectivity index (χ1v) is 9.44. The molecule has 0 saturated carbocycles. The number of hydrogen-bond acceptors (Lipinski definition) is 0. The van der Waals surface area contributed by atoms with Gasteiger partial charge >= 0.3 is 0 Å². The quantitative estimate of drug-likeness (QED) is 0.533. The summed E-state index contributed by atoms with van der Waals surface area (Å²) in [4.78, 5) is 0. The summed E-state index contributed by atoms with van der Waals surface area (Å²) < 4.78 is 0. The molecule has 0 aliphatic heterocycles. The Bertz CT molecular complexity index is 335. The van der Waals surface area contributed by atoms with Crippen LogP contribution in [-0.4, -0.2) is 14.7 Å². The number of halogens is 1. The third kappa shape index (κ3) is 4.15. The summed E-state index contributed by atoms with van der Waals surface area (Å²) in [5.41, 5.74) is 3.81. The molecule has 0 saturated heterocycles. The minimum atomic E-state index is -0.320. The standard InChI is InChI=1S/C15H24ClSi/c1-15(2,3)13-8-6-12(7-9-13)14(10-11-16)17(4)5/h6-9,14H,10-11H2,1-5H3. The molecule has 2 heteroatoms. The van der Waals surface area contributed by atoms with Crippen molar-refractivity contribution in [2.75, 3.05) is 5.88 Å². The molecule has 0 aliphatic rings. The van der Waals surface area contributed by atoms with Gasteiger partial charge in [-0.3, -0.25) is 0 Å². The molecular weight excluding hydrogens is 244 g/mol. The summed E-state index contributed by atoms with van der Waals surface area (Å²) in [6, 6.07) is 9.16. The number of rotatable bonds is 4. The van der Waals surface area contributed by atoms with E-state index in [1.165, 1.54) is 11.1 Å². The van der Waals surface area contributed by atoms with Crippen molar-refractivity contribution in [2.24, 2.45) is 0 Å². The summed E-state index contributed by atoms with van der Waals surface area (Å²) >= 11 is 5.91. The average Bonchev–Trinajstić information content (AvgIpc) is 2.24. The molecule has 1 aromatic carbocycles. The lowest BCUT2D eigenvalue weighted by Gasteiger charge is -2.22. The monoisotopic (exact) mass is 267 g/mol. The van der Waals surface area contributed by atoms with Crippen LogP contribution >= 0.6 is 11.6 Å². The molecule has 1 radical (unpaired) electrons. The van der Waals surface area contributed by atoms with Gasteiger partial charge in [-0.15, -0.1) is 11.6 Å². The van der Waals surface area contributed by atoms with Crippen LogP contribution in [0.3, 0.4) is 0 Å². The molecule has 1 rings (SSSR count). The molecule has 95 valence electrons. The van der Waals surface area contributed by atoms with Gasteiger partial charge in [-0.2, -0.15) is 0 Å². The summed E-state index contributed by atoms with van der Waals surface area (Å²) in [5, 5.41) is 0. The molecule has 0 aliphatic carbocycles. The minimum Gasteiger partial charge on any atom is -0.127 e. The Morgan fingerprint density at radius 2 is 1.65 bits per heavy atom. The molecule has 0 amide bonds. The zero-order valence-corrected chi connectivity index (χ0v) is 13.4. The fraction of sp³-hybridized carbons (Fsp3) is 0.600. The van der Waals surface area contributed by atoms with Gasteiger partial charge in [-0.25, -0.2) is 0 Å². The van der Waals surface area contributed by atoms with Crippen LogP contribution in [0, 0.1) is 0 Å². The Kier molecular flexibility index (Phi) is 5.27. The first kappa shape index (κ1) is 14.8. The van der Waals surface area contributed by atoms with Crippen molar-refractivity contribution in [3.63, 3.8) is 0 Å². The average molecular weight is 268 g/mol. The summed E-state index contributed by atoms with van der Waals surface area (Å²) in [6.07, 6.45) is 1.11. The summed E-state index contributed by atoms with van der Waals surface area (Å²) in [5.74, 6) is 0.765. The Morgan fingerprint density at radius 3 is 2.00 bits per heavy atom. The SMILES string of the molecule is C[Si](C)C(CCCl)c1ccc(C(C)(C)C)cc1. The molecule has 0 bridgehead atoms. The van der Waals surface area contributed by atoms with Crippen molar-refractivity contribution >= 4 is 20.4 Å². The van der Waals surface area contributed by atoms with Gasteiger partial charge in [0, 0.05) is 14.7 Å². The van der Waals surface area contributed by atoms with Gasteiger partial charge in [0.2, 0.25) is 0 Å². The molecule has 0 heterocycles. The molecule has 0 N–H and O–H groups in total. The second kappa shape index (κ2) is 6.06. The third-order valence-corrected chi connectivity index (χ3v) is 5.51. The molecule has 0 nitrogen and oxygen atoms in total. The van der Waals surface area contributed by atoms with E-state index in [1.807, 2.05) is 0 Å². The second-order valence-corrected chi connectivity index (χ2v) is 9.21. The van der Waals surface area contributed by atoms with Gasteiger partial charge in [0.25, 0.3) is 0 Å². The van der Waals surface area contributed by atoms with Crippen LogP contribution in [0.15, 0.2) is 24.3 Å². The van der Waals surface area contributed by atoms with Crippen LogP contribution in [0.2, 0.25) is 13.1 Å². The predicted molar refractivity (Wildman–Crippen MR) is 80.7 cm³/mol. The van der Waals surface area contributed by atoms with E-state index < -0.39 is 0 Å². The van der Waals surface area contributed by atoms with Gasteiger partial charge in [0.15, 0.2) is 0 Å². The molecule has 1 unspecified atom stereocenters. The maximum atomic E-state index is 5.91. The zero-order valence-electron chi connectivity index (χ0n) is 11.7. The zero-order chi connectivity index (χ0) is 13.1. The normalized spacial score (nSPS) is 14.1. The lowest BCUT2D eigenvalue weighted by Crippen LogP contribution is -2.17. The fourth-order valence-corrected chi connectivity index (χ4v) is 4.10. The number of hydrogen-bond donors (Lipinski definition) is 0. The van der Waals surface area contributed by atoms with Gasteiger partial charge in [-0.1, -0.05) is 58.1 Å². The highest BCUT2D eigenvalue weighted by atomic mass is 35.5. The highest BCUT2D eigenvalue weighted by Crippen LogP contribution is 2.27. The van der Waals surface area contributed by atoms with Crippen LogP contribution in [-0.2, 0) is 5.41 Å². The lowest BCUT2D eigenvalue weighted by atomic mass is 9.86. The molecule has 0 spiro atoms. The molecule has 0 aromatic heterocycles. The Balaban J connectivity index is 2.92. The van der Waals surface area contributed by atoms with Crippen LogP contribution in [0.4, 0.5) is 0 Å². The van der Waals surface area contributed by atoms with Crippen LogP contribution in [0.25, 0.3) is 0 Å². The van der Waals surface area contributed by atoms with Crippen molar-refractivity contribution in [3.8, 4) is 0 Å². The second-order valence-electron chi connectivity index (χ2n) is 5.98. The first-order chi connectivity index (χ1) is 7.86. The van der Waals surface area contributed by atoms with E-state index >= 15 is 0 Å². The Labute approximate surface area is 113 Å². The van der Waals surface area contributed by atoms with Crippen LogP contribution in [0.1, 0.15) is 43.9 Å². The van der Waals surface area contributed by atoms with Gasteiger partial charge < -0.3 is 0 Å². The smallest absolute Gasteiger partial charge is 0.0498 e. The fourth-order valence-electron chi connectivity index (χ4n) is 2.11. The Hall–Kier alpha value is -0.273. The maximum absolute atomic E-state index is 5.91. The van der Waals surface area contributed by atoms with Crippen molar-refractivity contribution in [1.29, 1.82) is 0 Å². The van der Waals surface area contributed by atoms with Gasteiger partial charge in [-0.05, 0) is 28.5 Å².